The lowest BCUT2D eigenvalue weighted by atomic mass is 9.97. The summed E-state index contributed by atoms with van der Waals surface area (Å²) in [6.07, 6.45) is 8.05. The van der Waals surface area contributed by atoms with Gasteiger partial charge in [0.25, 0.3) is 0 Å². The highest BCUT2D eigenvalue weighted by Gasteiger charge is 2.24. The minimum Gasteiger partial charge on any atom is -0.303 e. The molecule has 0 bridgehead atoms. The van der Waals surface area contributed by atoms with Gasteiger partial charge in [-0.25, -0.2) is 4.52 Å². The zero-order valence-electron chi connectivity index (χ0n) is 19.3. The van der Waals surface area contributed by atoms with E-state index in [-0.39, 0.29) is 5.78 Å². The number of hydrogen-bond acceptors (Lipinski definition) is 5. The fraction of sp³-hybridized carbons (Fsp3) is 0.143. The molecular formula is C28H24N6O. The zero-order chi connectivity index (χ0) is 24.2. The molecule has 0 aliphatic heterocycles. The van der Waals surface area contributed by atoms with Gasteiger partial charge in [-0.2, -0.15) is 15.5 Å². The average Bonchev–Trinajstić information content (AvgIpc) is 3.53. The molecule has 5 aromatic rings. The van der Waals surface area contributed by atoms with Gasteiger partial charge < -0.3 is 5.32 Å². The first-order valence-corrected chi connectivity index (χ1v) is 11.4. The molecule has 3 aromatic heterocycles. The molecule has 0 radical (unpaired) electrons. The Morgan fingerprint density at radius 1 is 0.971 bits per heavy atom. The van der Waals surface area contributed by atoms with Gasteiger partial charge in [0.1, 0.15) is 0 Å². The number of aryl methyl sites for hydroxylation is 1. The largest absolute Gasteiger partial charge is 0.303 e. The van der Waals surface area contributed by atoms with E-state index in [2.05, 4.69) is 21.6 Å². The molecule has 0 aliphatic rings. The molecule has 0 amide bonds. The second kappa shape index (κ2) is 9.75. The summed E-state index contributed by atoms with van der Waals surface area (Å²) in [5.74, 6) is -0.0276. The number of aromatic nitrogens is 4. The van der Waals surface area contributed by atoms with Crippen LogP contribution in [-0.2, 0) is 13.5 Å². The number of nitrogens with one attached hydrogen (secondary N) is 1. The molecule has 2 aromatic carbocycles. The summed E-state index contributed by atoms with van der Waals surface area (Å²) in [4.78, 5) is 13.7. The lowest BCUT2D eigenvalue weighted by molar-refractivity contribution is 0.0945. The number of fused-ring (bicyclic) bond motifs is 1. The number of rotatable bonds is 8. The predicted molar refractivity (Wildman–Crippen MR) is 134 cm³/mol. The molecule has 5 rings (SSSR count). The number of hydrogen-bond donors (Lipinski definition) is 1. The maximum Gasteiger partial charge on any atom is 0.188 e. The number of benzene rings is 2. The number of pyridine rings is 1. The second-order valence-electron chi connectivity index (χ2n) is 8.43. The molecule has 35 heavy (non-hydrogen) atoms. The summed E-state index contributed by atoms with van der Waals surface area (Å²) in [7, 11) is 1.88. The zero-order valence-corrected chi connectivity index (χ0v) is 19.3. The molecule has 7 heteroatoms. The molecule has 0 fully saturated rings. The minimum atomic E-state index is -0.499. The van der Waals surface area contributed by atoms with Crippen LogP contribution in [0.3, 0.4) is 0 Å². The lowest BCUT2D eigenvalue weighted by Gasteiger charge is -2.18. The average molecular weight is 461 g/mol. The Labute approximate surface area is 203 Å². The number of carbonyl (C=O) groups is 1. The standard InChI is InChI=1S/C28H24N6O/c1-33-18-24(16-31-33)23-11-12-26-25(17-32-34(26)19-23)28(35)27(22-5-3-2-4-6-22)30-14-13-20-7-9-21(15-29)10-8-20/h2-12,16-19,27,30H,13-14H2,1H3/t27-/m0/s1. The third kappa shape index (κ3) is 4.74. The van der Waals surface area contributed by atoms with Gasteiger partial charge >= 0.3 is 0 Å². The molecule has 172 valence electrons. The quantitative estimate of drug-likeness (QED) is 0.348. The summed E-state index contributed by atoms with van der Waals surface area (Å²) in [6.45, 7) is 0.613. The summed E-state index contributed by atoms with van der Waals surface area (Å²) >= 11 is 0. The Hall–Kier alpha value is -4.54. The smallest absolute Gasteiger partial charge is 0.188 e. The van der Waals surface area contributed by atoms with Crippen molar-refractivity contribution in [3.05, 3.63) is 114 Å². The van der Waals surface area contributed by atoms with Gasteiger partial charge in [-0.05, 0) is 35.7 Å². The summed E-state index contributed by atoms with van der Waals surface area (Å²) < 4.78 is 3.50. The van der Waals surface area contributed by atoms with Crippen molar-refractivity contribution in [1.82, 2.24) is 24.7 Å². The van der Waals surface area contributed by atoms with Crippen LogP contribution < -0.4 is 5.32 Å². The highest BCUT2D eigenvalue weighted by Crippen LogP contribution is 2.24. The van der Waals surface area contributed by atoms with Crippen LogP contribution in [0, 0.1) is 11.3 Å². The fourth-order valence-electron chi connectivity index (χ4n) is 4.18. The minimum absolute atomic E-state index is 0.0276. The van der Waals surface area contributed by atoms with E-state index < -0.39 is 6.04 Å². The molecule has 1 N–H and O–H groups in total. The third-order valence-corrected chi connectivity index (χ3v) is 6.06. The highest BCUT2D eigenvalue weighted by molar-refractivity contribution is 6.06. The third-order valence-electron chi connectivity index (χ3n) is 6.06. The number of nitriles is 1. The number of Topliss-reactive ketones (excluding diaryl/α,β-unsaturated/α-hetero) is 1. The fourth-order valence-corrected chi connectivity index (χ4v) is 4.18. The van der Waals surface area contributed by atoms with E-state index in [0.29, 0.717) is 17.7 Å². The maximum atomic E-state index is 13.7. The van der Waals surface area contributed by atoms with Crippen LogP contribution in [0.4, 0.5) is 0 Å². The van der Waals surface area contributed by atoms with Crippen LogP contribution in [0.25, 0.3) is 16.6 Å². The van der Waals surface area contributed by atoms with Crippen molar-refractivity contribution in [3.8, 4) is 17.2 Å². The second-order valence-corrected chi connectivity index (χ2v) is 8.43. The Bertz CT molecular complexity index is 1510. The van der Waals surface area contributed by atoms with Crippen molar-refractivity contribution in [1.29, 1.82) is 5.26 Å². The van der Waals surface area contributed by atoms with Crippen molar-refractivity contribution in [2.24, 2.45) is 7.05 Å². The lowest BCUT2D eigenvalue weighted by Crippen LogP contribution is -2.30. The predicted octanol–water partition coefficient (Wildman–Crippen LogP) is 4.36. The first-order chi connectivity index (χ1) is 17.1. The SMILES string of the molecule is Cn1cc(-c2ccc3c(C(=O)[C@@H](NCCc4ccc(C#N)cc4)c4ccccc4)cnn3c2)cn1. The van der Waals surface area contributed by atoms with Crippen molar-refractivity contribution >= 4 is 11.3 Å². The molecule has 0 saturated carbocycles. The van der Waals surface area contributed by atoms with E-state index in [9.17, 15) is 4.79 Å². The molecule has 7 nitrogen and oxygen atoms in total. The van der Waals surface area contributed by atoms with E-state index in [1.54, 1.807) is 21.6 Å². The topological polar surface area (TPSA) is 88.0 Å². The summed E-state index contributed by atoms with van der Waals surface area (Å²) in [5.41, 5.74) is 5.95. The normalized spacial score (nSPS) is 11.9. The molecule has 0 unspecified atom stereocenters. The first kappa shape index (κ1) is 22.3. The van der Waals surface area contributed by atoms with Gasteiger partial charge in [0, 0.05) is 37.1 Å². The van der Waals surface area contributed by atoms with E-state index in [1.165, 1.54) is 0 Å². The Morgan fingerprint density at radius 2 is 1.77 bits per heavy atom. The van der Waals surface area contributed by atoms with Crippen LogP contribution in [0.1, 0.15) is 33.1 Å². The monoisotopic (exact) mass is 460 g/mol. The number of ketones is 1. The summed E-state index contributed by atoms with van der Waals surface area (Å²) in [5, 5.41) is 21.1. The number of nitrogens with zero attached hydrogens (tertiary/aromatic N) is 5. The van der Waals surface area contributed by atoms with E-state index in [1.807, 2.05) is 86.2 Å². The summed E-state index contributed by atoms with van der Waals surface area (Å²) in [6, 6.07) is 22.8. The molecule has 3 heterocycles. The van der Waals surface area contributed by atoms with E-state index in [0.717, 1.165) is 34.2 Å². The maximum absolute atomic E-state index is 13.7. The molecule has 0 spiro atoms. The van der Waals surface area contributed by atoms with Gasteiger partial charge in [0.15, 0.2) is 5.78 Å². The van der Waals surface area contributed by atoms with Crippen LogP contribution >= 0.6 is 0 Å². The van der Waals surface area contributed by atoms with Crippen LogP contribution in [0.15, 0.2) is 91.5 Å². The van der Waals surface area contributed by atoms with Crippen molar-refractivity contribution in [3.63, 3.8) is 0 Å². The van der Waals surface area contributed by atoms with Crippen LogP contribution in [0.5, 0.6) is 0 Å². The van der Waals surface area contributed by atoms with Gasteiger partial charge in [0.05, 0.1) is 41.1 Å². The Balaban J connectivity index is 1.39. The van der Waals surface area contributed by atoms with Crippen molar-refractivity contribution < 1.29 is 4.79 Å². The Kier molecular flexibility index (Phi) is 6.20. The number of carbonyl (C=O) groups excluding carboxylic acids is 1. The highest BCUT2D eigenvalue weighted by atomic mass is 16.1. The first-order valence-electron chi connectivity index (χ1n) is 11.4. The molecule has 0 saturated heterocycles. The van der Waals surface area contributed by atoms with E-state index in [4.69, 9.17) is 5.26 Å². The van der Waals surface area contributed by atoms with Gasteiger partial charge in [-0.1, -0.05) is 48.5 Å². The van der Waals surface area contributed by atoms with Gasteiger partial charge in [-0.15, -0.1) is 0 Å². The van der Waals surface area contributed by atoms with Gasteiger partial charge in [-0.3, -0.25) is 9.48 Å². The van der Waals surface area contributed by atoms with Gasteiger partial charge in [0.2, 0.25) is 0 Å². The molecule has 0 aliphatic carbocycles. The van der Waals surface area contributed by atoms with Crippen LogP contribution in [-0.4, -0.2) is 31.7 Å². The van der Waals surface area contributed by atoms with E-state index >= 15 is 0 Å². The van der Waals surface area contributed by atoms with Crippen molar-refractivity contribution in [2.75, 3.05) is 6.54 Å². The molecule has 1 atom stereocenters. The van der Waals surface area contributed by atoms with Crippen LogP contribution in [0.2, 0.25) is 0 Å². The molecular weight excluding hydrogens is 436 g/mol. The Morgan fingerprint density at radius 3 is 2.49 bits per heavy atom. The van der Waals surface area contributed by atoms with Crippen molar-refractivity contribution in [2.45, 2.75) is 12.5 Å².